The van der Waals surface area contributed by atoms with E-state index in [1.165, 1.54) is 0 Å². The molecule has 1 fully saturated rings. The van der Waals surface area contributed by atoms with Crippen LogP contribution in [-0.4, -0.2) is 36.5 Å². The summed E-state index contributed by atoms with van der Waals surface area (Å²) in [5, 5.41) is 0.881. The summed E-state index contributed by atoms with van der Waals surface area (Å²) in [6.45, 7) is 4.07. The summed E-state index contributed by atoms with van der Waals surface area (Å²) in [6.07, 6.45) is 3.27. The van der Waals surface area contributed by atoms with Crippen LogP contribution in [-0.2, 0) is 4.79 Å². The molecule has 4 nitrogen and oxygen atoms in total. The van der Waals surface area contributed by atoms with Crippen molar-refractivity contribution >= 4 is 29.1 Å². The molecule has 0 aromatic heterocycles. The molecule has 1 aliphatic heterocycles. The number of piperidine rings is 1. The van der Waals surface area contributed by atoms with Crippen LogP contribution in [0.4, 0.5) is 0 Å². The van der Waals surface area contributed by atoms with E-state index in [1.54, 1.807) is 18.2 Å². The summed E-state index contributed by atoms with van der Waals surface area (Å²) in [7, 11) is 0. The molecular formula is C17H24Cl2N2O2. The standard InChI is InChI=1S/C17H24Cl2N2O2/c1-12(20)13-5-3-9-21(11-13)16(22)8-4-10-23-15-7-2-6-14(18)17(15)19/h2,6-7,12-13H,3-5,8-11,20H2,1H3/t12-,13+/m0/s1. The number of benzene rings is 1. The SMILES string of the molecule is C[C@H](N)[C@@H]1CCCN(C(=O)CCCOc2cccc(Cl)c2Cl)C1. The highest BCUT2D eigenvalue weighted by Gasteiger charge is 2.25. The maximum absolute atomic E-state index is 12.3. The second-order valence-electron chi connectivity index (χ2n) is 6.11. The Morgan fingerprint density at radius 3 is 3.00 bits per heavy atom. The average Bonchev–Trinajstić information content (AvgIpc) is 2.55. The van der Waals surface area contributed by atoms with Crippen molar-refractivity contribution in [2.24, 2.45) is 11.7 Å². The Hall–Kier alpha value is -0.970. The van der Waals surface area contributed by atoms with Crippen LogP contribution in [0, 0.1) is 5.92 Å². The fraction of sp³-hybridized carbons (Fsp3) is 0.588. The minimum absolute atomic E-state index is 0.138. The van der Waals surface area contributed by atoms with Crippen molar-refractivity contribution in [2.75, 3.05) is 19.7 Å². The number of ether oxygens (including phenoxy) is 1. The zero-order valence-electron chi connectivity index (χ0n) is 13.4. The maximum Gasteiger partial charge on any atom is 0.222 e. The van der Waals surface area contributed by atoms with Gasteiger partial charge in [-0.15, -0.1) is 0 Å². The van der Waals surface area contributed by atoms with Gasteiger partial charge in [-0.1, -0.05) is 29.3 Å². The topological polar surface area (TPSA) is 55.6 Å². The predicted octanol–water partition coefficient (Wildman–Crippen LogP) is 3.74. The lowest BCUT2D eigenvalue weighted by atomic mass is 9.92. The quantitative estimate of drug-likeness (QED) is 0.788. The zero-order chi connectivity index (χ0) is 16.8. The van der Waals surface area contributed by atoms with E-state index in [-0.39, 0.29) is 11.9 Å². The molecule has 0 bridgehead atoms. The molecule has 2 atom stereocenters. The molecule has 1 amide bonds. The highest BCUT2D eigenvalue weighted by atomic mass is 35.5. The first-order valence-corrected chi connectivity index (χ1v) is 8.84. The Morgan fingerprint density at radius 2 is 2.26 bits per heavy atom. The molecule has 128 valence electrons. The Kier molecular flexibility index (Phi) is 7.00. The highest BCUT2D eigenvalue weighted by molar-refractivity contribution is 6.42. The number of likely N-dealkylation sites (tertiary alicyclic amines) is 1. The fourth-order valence-electron chi connectivity index (χ4n) is 2.82. The van der Waals surface area contributed by atoms with Gasteiger partial charge in [0.2, 0.25) is 5.91 Å². The van der Waals surface area contributed by atoms with Crippen molar-refractivity contribution in [3.8, 4) is 5.75 Å². The molecule has 1 aliphatic rings. The summed E-state index contributed by atoms with van der Waals surface area (Å²) in [6, 6.07) is 5.41. The summed E-state index contributed by atoms with van der Waals surface area (Å²) in [4.78, 5) is 14.2. The van der Waals surface area contributed by atoms with Gasteiger partial charge in [-0.05, 0) is 44.2 Å². The van der Waals surface area contributed by atoms with E-state index in [9.17, 15) is 4.79 Å². The zero-order valence-corrected chi connectivity index (χ0v) is 14.9. The van der Waals surface area contributed by atoms with Gasteiger partial charge in [-0.3, -0.25) is 4.79 Å². The van der Waals surface area contributed by atoms with Gasteiger partial charge >= 0.3 is 0 Å². The fourth-order valence-corrected chi connectivity index (χ4v) is 3.17. The summed E-state index contributed by atoms with van der Waals surface area (Å²) in [5.74, 6) is 1.15. The Balaban J connectivity index is 1.73. The lowest BCUT2D eigenvalue weighted by molar-refractivity contribution is -0.133. The predicted molar refractivity (Wildman–Crippen MR) is 94.1 cm³/mol. The number of carbonyl (C=O) groups is 1. The van der Waals surface area contributed by atoms with E-state index in [4.69, 9.17) is 33.7 Å². The molecule has 0 unspecified atom stereocenters. The van der Waals surface area contributed by atoms with Crippen LogP contribution in [0.3, 0.4) is 0 Å². The van der Waals surface area contributed by atoms with E-state index in [0.29, 0.717) is 41.2 Å². The van der Waals surface area contributed by atoms with Gasteiger partial charge in [0.25, 0.3) is 0 Å². The Morgan fingerprint density at radius 1 is 1.48 bits per heavy atom. The monoisotopic (exact) mass is 358 g/mol. The number of nitrogens with two attached hydrogens (primary N) is 1. The second-order valence-corrected chi connectivity index (χ2v) is 6.89. The molecule has 2 rings (SSSR count). The number of rotatable bonds is 6. The second kappa shape index (κ2) is 8.76. The van der Waals surface area contributed by atoms with Crippen LogP contribution in [0.2, 0.25) is 10.0 Å². The highest BCUT2D eigenvalue weighted by Crippen LogP contribution is 2.31. The average molecular weight is 359 g/mol. The van der Waals surface area contributed by atoms with Crippen molar-refractivity contribution in [3.05, 3.63) is 28.2 Å². The van der Waals surface area contributed by atoms with Gasteiger partial charge in [0.05, 0.1) is 11.6 Å². The van der Waals surface area contributed by atoms with E-state index < -0.39 is 0 Å². The van der Waals surface area contributed by atoms with E-state index in [0.717, 1.165) is 25.9 Å². The summed E-state index contributed by atoms with van der Waals surface area (Å²) >= 11 is 12.0. The number of nitrogens with zero attached hydrogens (tertiary/aromatic N) is 1. The molecule has 0 saturated carbocycles. The third-order valence-electron chi connectivity index (χ3n) is 4.26. The minimum Gasteiger partial charge on any atom is -0.492 e. The smallest absolute Gasteiger partial charge is 0.222 e. The molecule has 1 saturated heterocycles. The normalized spacial score (nSPS) is 19.5. The van der Waals surface area contributed by atoms with Crippen LogP contribution < -0.4 is 10.5 Å². The van der Waals surface area contributed by atoms with Gasteiger partial charge in [-0.2, -0.15) is 0 Å². The van der Waals surface area contributed by atoms with Crippen LogP contribution in [0.25, 0.3) is 0 Å². The van der Waals surface area contributed by atoms with E-state index >= 15 is 0 Å². The van der Waals surface area contributed by atoms with E-state index in [1.807, 2.05) is 11.8 Å². The van der Waals surface area contributed by atoms with Crippen LogP contribution in [0.15, 0.2) is 18.2 Å². The molecule has 0 aliphatic carbocycles. The number of hydrogen-bond donors (Lipinski definition) is 1. The first-order chi connectivity index (χ1) is 11.0. The molecule has 2 N–H and O–H groups in total. The number of carbonyl (C=O) groups excluding carboxylic acids is 1. The largest absolute Gasteiger partial charge is 0.492 e. The van der Waals surface area contributed by atoms with Crippen LogP contribution in [0.1, 0.15) is 32.6 Å². The van der Waals surface area contributed by atoms with Crippen molar-refractivity contribution < 1.29 is 9.53 Å². The van der Waals surface area contributed by atoms with Gasteiger partial charge < -0.3 is 15.4 Å². The molecule has 0 radical (unpaired) electrons. The maximum atomic E-state index is 12.3. The van der Waals surface area contributed by atoms with Crippen molar-refractivity contribution in [2.45, 2.75) is 38.6 Å². The van der Waals surface area contributed by atoms with Gasteiger partial charge in [0, 0.05) is 25.6 Å². The lowest BCUT2D eigenvalue weighted by Gasteiger charge is -2.34. The van der Waals surface area contributed by atoms with Crippen molar-refractivity contribution in [1.82, 2.24) is 4.90 Å². The molecule has 1 heterocycles. The lowest BCUT2D eigenvalue weighted by Crippen LogP contribution is -2.45. The molecule has 1 aromatic carbocycles. The van der Waals surface area contributed by atoms with E-state index in [2.05, 4.69) is 0 Å². The first kappa shape index (κ1) is 18.4. The number of hydrogen-bond acceptors (Lipinski definition) is 3. The van der Waals surface area contributed by atoms with Crippen LogP contribution in [0.5, 0.6) is 5.75 Å². The van der Waals surface area contributed by atoms with Gasteiger partial charge in [-0.25, -0.2) is 0 Å². The van der Waals surface area contributed by atoms with Crippen molar-refractivity contribution in [1.29, 1.82) is 0 Å². The number of amides is 1. The van der Waals surface area contributed by atoms with Crippen LogP contribution >= 0.6 is 23.2 Å². The van der Waals surface area contributed by atoms with Gasteiger partial charge in [0.1, 0.15) is 10.8 Å². The third kappa shape index (κ3) is 5.27. The molecule has 23 heavy (non-hydrogen) atoms. The third-order valence-corrected chi connectivity index (χ3v) is 5.06. The molecule has 0 spiro atoms. The molecular weight excluding hydrogens is 335 g/mol. The number of halogens is 2. The van der Waals surface area contributed by atoms with Crippen molar-refractivity contribution in [3.63, 3.8) is 0 Å². The molecule has 6 heteroatoms. The Labute approximate surface area is 147 Å². The Bertz CT molecular complexity index is 537. The summed E-state index contributed by atoms with van der Waals surface area (Å²) < 4.78 is 5.61. The molecule has 1 aromatic rings. The van der Waals surface area contributed by atoms with Gasteiger partial charge in [0.15, 0.2) is 0 Å². The minimum atomic E-state index is 0.138. The summed E-state index contributed by atoms with van der Waals surface area (Å²) in [5.41, 5.74) is 5.96. The first-order valence-electron chi connectivity index (χ1n) is 8.09.